The largest absolute Gasteiger partial charge is 0.299 e. The van der Waals surface area contributed by atoms with Gasteiger partial charge in [-0.2, -0.15) is 5.10 Å². The summed E-state index contributed by atoms with van der Waals surface area (Å²) < 4.78 is 0. The fraction of sp³-hybridized carbons (Fsp3) is 0.400. The van der Waals surface area contributed by atoms with Gasteiger partial charge in [-0.15, -0.1) is 0 Å². The van der Waals surface area contributed by atoms with Crippen LogP contribution in [-0.2, 0) is 13.0 Å². The first-order valence-electron chi connectivity index (χ1n) is 9.31. The smallest absolute Gasteiger partial charge is 0.159 e. The van der Waals surface area contributed by atoms with E-state index in [1.54, 1.807) is 0 Å². The van der Waals surface area contributed by atoms with Gasteiger partial charge in [0.25, 0.3) is 0 Å². The molecule has 0 unspecified atom stereocenters. The summed E-state index contributed by atoms with van der Waals surface area (Å²) >= 11 is 0. The molecule has 1 aromatic carbocycles. The third kappa shape index (κ3) is 3.80. The van der Waals surface area contributed by atoms with E-state index in [0.717, 1.165) is 67.5 Å². The lowest BCUT2D eigenvalue weighted by molar-refractivity contribution is 0.201. The van der Waals surface area contributed by atoms with Crippen LogP contribution in [-0.4, -0.2) is 43.1 Å². The fourth-order valence-corrected chi connectivity index (χ4v) is 3.43. The van der Waals surface area contributed by atoms with Crippen molar-refractivity contribution in [1.29, 1.82) is 0 Å². The molecular formula is C20H24N6. The predicted octanol–water partition coefficient (Wildman–Crippen LogP) is 3.20. The van der Waals surface area contributed by atoms with Crippen LogP contribution in [0.1, 0.15) is 42.9 Å². The van der Waals surface area contributed by atoms with Crippen LogP contribution in [0.2, 0.25) is 0 Å². The molecule has 1 N–H and O–H groups in total. The van der Waals surface area contributed by atoms with E-state index in [2.05, 4.69) is 37.0 Å². The Bertz CT molecular complexity index is 819. The summed E-state index contributed by atoms with van der Waals surface area (Å²) in [4.78, 5) is 16.1. The molecule has 0 bridgehead atoms. The lowest BCUT2D eigenvalue weighted by Gasteiger charge is -2.30. The Labute approximate surface area is 153 Å². The Hall–Kier alpha value is -2.60. The van der Waals surface area contributed by atoms with E-state index in [-0.39, 0.29) is 0 Å². The van der Waals surface area contributed by atoms with E-state index in [1.807, 2.05) is 42.7 Å². The highest BCUT2D eigenvalue weighted by atomic mass is 15.2. The molecule has 134 valence electrons. The quantitative estimate of drug-likeness (QED) is 0.767. The van der Waals surface area contributed by atoms with Gasteiger partial charge in [-0.3, -0.25) is 10.00 Å². The van der Waals surface area contributed by atoms with Crippen LogP contribution in [0.15, 0.2) is 42.7 Å². The maximum atomic E-state index is 4.59. The number of aromatic amines is 1. The summed E-state index contributed by atoms with van der Waals surface area (Å²) in [5.41, 5.74) is 2.21. The minimum Gasteiger partial charge on any atom is -0.299 e. The second-order valence-corrected chi connectivity index (χ2v) is 6.83. The number of piperidine rings is 1. The summed E-state index contributed by atoms with van der Waals surface area (Å²) in [5.74, 6) is 3.22. The zero-order chi connectivity index (χ0) is 17.8. The normalized spacial score (nSPS) is 16.0. The highest BCUT2D eigenvalue weighted by Gasteiger charge is 2.23. The molecule has 1 aliphatic rings. The third-order valence-electron chi connectivity index (χ3n) is 4.98. The first-order valence-corrected chi connectivity index (χ1v) is 9.31. The van der Waals surface area contributed by atoms with E-state index in [1.165, 1.54) is 0 Å². The van der Waals surface area contributed by atoms with Gasteiger partial charge in [0, 0.05) is 42.4 Å². The van der Waals surface area contributed by atoms with Crippen molar-refractivity contribution in [3.63, 3.8) is 0 Å². The molecule has 0 atom stereocenters. The summed E-state index contributed by atoms with van der Waals surface area (Å²) in [6, 6.07) is 10.1. The molecule has 0 amide bonds. The first-order chi connectivity index (χ1) is 12.8. The number of nitrogens with one attached hydrogen (secondary N) is 1. The lowest BCUT2D eigenvalue weighted by atomic mass is 9.96. The van der Waals surface area contributed by atoms with Crippen LogP contribution in [0.5, 0.6) is 0 Å². The van der Waals surface area contributed by atoms with Gasteiger partial charge in [-0.05, 0) is 25.9 Å². The van der Waals surface area contributed by atoms with E-state index in [4.69, 9.17) is 0 Å². The van der Waals surface area contributed by atoms with Crippen LogP contribution in [0.25, 0.3) is 11.4 Å². The van der Waals surface area contributed by atoms with Crippen LogP contribution < -0.4 is 0 Å². The zero-order valence-corrected chi connectivity index (χ0v) is 15.1. The average molecular weight is 348 g/mol. The van der Waals surface area contributed by atoms with Gasteiger partial charge in [-0.1, -0.05) is 37.3 Å². The van der Waals surface area contributed by atoms with Crippen molar-refractivity contribution in [2.24, 2.45) is 0 Å². The molecule has 1 fully saturated rings. The molecule has 0 spiro atoms. The van der Waals surface area contributed by atoms with Crippen molar-refractivity contribution in [2.75, 3.05) is 13.1 Å². The van der Waals surface area contributed by atoms with Gasteiger partial charge >= 0.3 is 0 Å². The van der Waals surface area contributed by atoms with Gasteiger partial charge in [0.2, 0.25) is 0 Å². The highest BCUT2D eigenvalue weighted by Crippen LogP contribution is 2.26. The second-order valence-electron chi connectivity index (χ2n) is 6.83. The number of rotatable bonds is 5. The maximum absolute atomic E-state index is 4.59. The summed E-state index contributed by atoms with van der Waals surface area (Å²) in [5, 5.41) is 7.41. The molecule has 0 saturated carbocycles. The highest BCUT2D eigenvalue weighted by molar-refractivity contribution is 5.53. The minimum atomic E-state index is 0.472. The number of aromatic nitrogens is 5. The molecule has 1 saturated heterocycles. The Morgan fingerprint density at radius 2 is 1.81 bits per heavy atom. The minimum absolute atomic E-state index is 0.472. The van der Waals surface area contributed by atoms with Crippen molar-refractivity contribution in [3.05, 3.63) is 59.9 Å². The van der Waals surface area contributed by atoms with Crippen molar-refractivity contribution < 1.29 is 0 Å². The van der Waals surface area contributed by atoms with Gasteiger partial charge in [-0.25, -0.2) is 15.0 Å². The van der Waals surface area contributed by atoms with Crippen LogP contribution in [0.4, 0.5) is 0 Å². The molecular weight excluding hydrogens is 324 g/mol. The number of nitrogens with zero attached hydrogens (tertiary/aromatic N) is 5. The summed E-state index contributed by atoms with van der Waals surface area (Å²) in [7, 11) is 0. The first kappa shape index (κ1) is 16.8. The molecule has 0 radical (unpaired) electrons. The fourth-order valence-electron chi connectivity index (χ4n) is 3.43. The van der Waals surface area contributed by atoms with Crippen LogP contribution in [0, 0.1) is 0 Å². The topological polar surface area (TPSA) is 70.6 Å². The third-order valence-corrected chi connectivity index (χ3v) is 4.98. The molecule has 6 heteroatoms. The molecule has 0 aliphatic carbocycles. The van der Waals surface area contributed by atoms with Crippen LogP contribution in [0.3, 0.4) is 0 Å². The molecule has 26 heavy (non-hydrogen) atoms. The number of H-pyrrole nitrogens is 1. The lowest BCUT2D eigenvalue weighted by Crippen LogP contribution is -2.32. The van der Waals surface area contributed by atoms with Gasteiger partial charge in [0.15, 0.2) is 11.6 Å². The Kier molecular flexibility index (Phi) is 5.02. The number of benzene rings is 1. The maximum Gasteiger partial charge on any atom is 0.159 e. The van der Waals surface area contributed by atoms with Crippen molar-refractivity contribution in [3.8, 4) is 11.4 Å². The zero-order valence-electron chi connectivity index (χ0n) is 15.1. The number of hydrogen-bond acceptors (Lipinski definition) is 5. The van der Waals surface area contributed by atoms with Gasteiger partial charge in [0.1, 0.15) is 5.82 Å². The van der Waals surface area contributed by atoms with E-state index < -0.39 is 0 Å². The van der Waals surface area contributed by atoms with Gasteiger partial charge in [0.05, 0.1) is 0 Å². The van der Waals surface area contributed by atoms with Crippen LogP contribution >= 0.6 is 0 Å². The molecule has 6 nitrogen and oxygen atoms in total. The predicted molar refractivity (Wildman–Crippen MR) is 100 cm³/mol. The van der Waals surface area contributed by atoms with Crippen molar-refractivity contribution in [1.82, 2.24) is 30.0 Å². The van der Waals surface area contributed by atoms with Crippen molar-refractivity contribution >= 4 is 0 Å². The standard InChI is InChI=1S/C20H24N6/c1-2-18-23-20(25-24-18)17-8-10-26(11-9-17)14-15-12-21-19(22-13-15)16-6-4-3-5-7-16/h3-7,12-13,17H,2,8-11,14H2,1H3,(H,23,24,25). The van der Waals surface area contributed by atoms with Crippen molar-refractivity contribution in [2.45, 2.75) is 38.6 Å². The Balaban J connectivity index is 1.33. The Morgan fingerprint density at radius 1 is 1.08 bits per heavy atom. The number of aryl methyl sites for hydroxylation is 1. The molecule has 1 aliphatic heterocycles. The van der Waals surface area contributed by atoms with E-state index in [9.17, 15) is 0 Å². The second kappa shape index (κ2) is 7.74. The molecule has 2 aromatic heterocycles. The van der Waals surface area contributed by atoms with Gasteiger partial charge < -0.3 is 0 Å². The SMILES string of the molecule is CCc1nc(C2CCN(Cc3cnc(-c4ccccc4)nc3)CC2)n[nH]1. The molecule has 3 heterocycles. The average Bonchev–Trinajstić information content (AvgIpc) is 3.19. The molecule has 4 rings (SSSR count). The summed E-state index contributed by atoms with van der Waals surface area (Å²) in [6.07, 6.45) is 7.01. The summed E-state index contributed by atoms with van der Waals surface area (Å²) in [6.45, 7) is 5.11. The van der Waals surface area contributed by atoms with E-state index in [0.29, 0.717) is 5.92 Å². The monoisotopic (exact) mass is 348 g/mol. The number of likely N-dealkylation sites (tertiary alicyclic amines) is 1. The molecule has 3 aromatic rings. The number of hydrogen-bond donors (Lipinski definition) is 1. The van der Waals surface area contributed by atoms with E-state index >= 15 is 0 Å². The Morgan fingerprint density at radius 3 is 2.46 bits per heavy atom.